The molecule has 0 amide bonds. The standard InChI is InChI=1S/C20H26N2O6S/c1-14-17(10-12-27-11-4-5-13-29-20(2,3)19(23)24)21-18(28-14)15-6-8-16(9-7-15)22(25)26/h6-9H,4-5,10-13H2,1-3H3,(H,23,24). The van der Waals surface area contributed by atoms with Gasteiger partial charge in [-0.15, -0.1) is 11.8 Å². The molecule has 1 heterocycles. The van der Waals surface area contributed by atoms with Gasteiger partial charge in [-0.05, 0) is 51.5 Å². The van der Waals surface area contributed by atoms with Gasteiger partial charge in [-0.3, -0.25) is 14.9 Å². The molecule has 2 rings (SSSR count). The van der Waals surface area contributed by atoms with Crippen LogP contribution in [-0.2, 0) is 16.0 Å². The van der Waals surface area contributed by atoms with Crippen LogP contribution in [0.2, 0.25) is 0 Å². The Bertz CT molecular complexity index is 832. The van der Waals surface area contributed by atoms with Gasteiger partial charge in [0.25, 0.3) is 5.69 Å². The zero-order chi connectivity index (χ0) is 21.4. The summed E-state index contributed by atoms with van der Waals surface area (Å²) in [5.41, 5.74) is 1.51. The van der Waals surface area contributed by atoms with E-state index < -0.39 is 15.6 Å². The molecule has 9 heteroatoms. The molecule has 0 saturated heterocycles. The molecule has 8 nitrogen and oxygen atoms in total. The third kappa shape index (κ3) is 6.86. The molecule has 1 aromatic carbocycles. The van der Waals surface area contributed by atoms with Crippen LogP contribution in [0.3, 0.4) is 0 Å². The molecule has 0 spiro atoms. The molecule has 0 aliphatic heterocycles. The van der Waals surface area contributed by atoms with Crippen LogP contribution >= 0.6 is 11.8 Å². The van der Waals surface area contributed by atoms with Crippen molar-refractivity contribution >= 4 is 23.4 Å². The van der Waals surface area contributed by atoms with E-state index in [0.29, 0.717) is 36.8 Å². The van der Waals surface area contributed by atoms with Crippen molar-refractivity contribution in [3.05, 3.63) is 45.8 Å². The van der Waals surface area contributed by atoms with Crippen LogP contribution in [-0.4, -0.2) is 44.7 Å². The smallest absolute Gasteiger partial charge is 0.319 e. The first-order chi connectivity index (χ1) is 13.7. The lowest BCUT2D eigenvalue weighted by atomic mass is 10.2. The van der Waals surface area contributed by atoms with Crippen molar-refractivity contribution in [3.63, 3.8) is 0 Å². The first-order valence-corrected chi connectivity index (χ1v) is 10.4. The monoisotopic (exact) mass is 422 g/mol. The summed E-state index contributed by atoms with van der Waals surface area (Å²) in [7, 11) is 0. The highest BCUT2D eigenvalue weighted by molar-refractivity contribution is 8.01. The van der Waals surface area contributed by atoms with Gasteiger partial charge in [0.1, 0.15) is 10.5 Å². The summed E-state index contributed by atoms with van der Waals surface area (Å²) in [5.74, 6) is 1.12. The first kappa shape index (κ1) is 22.9. The van der Waals surface area contributed by atoms with E-state index in [0.717, 1.165) is 24.3 Å². The van der Waals surface area contributed by atoms with Gasteiger partial charge in [-0.25, -0.2) is 4.98 Å². The predicted molar refractivity (Wildman–Crippen MR) is 111 cm³/mol. The normalized spacial score (nSPS) is 11.6. The second-order valence-electron chi connectivity index (χ2n) is 7.06. The minimum atomic E-state index is -0.796. The maximum atomic E-state index is 11.0. The summed E-state index contributed by atoms with van der Waals surface area (Å²) in [4.78, 5) is 25.8. The van der Waals surface area contributed by atoms with E-state index >= 15 is 0 Å². The molecular weight excluding hydrogens is 396 g/mol. The number of hydrogen-bond donors (Lipinski definition) is 1. The molecule has 0 radical (unpaired) electrons. The fourth-order valence-electron chi connectivity index (χ4n) is 2.48. The third-order valence-corrected chi connectivity index (χ3v) is 5.75. The molecular formula is C20H26N2O6S. The van der Waals surface area contributed by atoms with Crippen LogP contribution < -0.4 is 0 Å². The van der Waals surface area contributed by atoms with Gasteiger partial charge in [-0.2, -0.15) is 0 Å². The molecule has 0 saturated carbocycles. The van der Waals surface area contributed by atoms with E-state index in [-0.39, 0.29) is 5.69 Å². The minimum absolute atomic E-state index is 0.0237. The summed E-state index contributed by atoms with van der Waals surface area (Å²) in [6.07, 6.45) is 2.38. The molecule has 0 bridgehead atoms. The molecule has 0 atom stereocenters. The van der Waals surface area contributed by atoms with Crippen molar-refractivity contribution in [1.29, 1.82) is 0 Å². The lowest BCUT2D eigenvalue weighted by Crippen LogP contribution is -2.27. The Morgan fingerprint density at radius 2 is 1.97 bits per heavy atom. The van der Waals surface area contributed by atoms with Crippen molar-refractivity contribution in [3.8, 4) is 11.5 Å². The number of nitrogens with zero attached hydrogens (tertiary/aromatic N) is 2. The number of non-ortho nitro benzene ring substituents is 1. The van der Waals surface area contributed by atoms with E-state index in [2.05, 4.69) is 4.98 Å². The van der Waals surface area contributed by atoms with E-state index in [9.17, 15) is 14.9 Å². The summed E-state index contributed by atoms with van der Waals surface area (Å²) < 4.78 is 10.6. The molecule has 0 aliphatic rings. The zero-order valence-corrected chi connectivity index (χ0v) is 17.7. The van der Waals surface area contributed by atoms with Gasteiger partial charge in [0.15, 0.2) is 0 Å². The van der Waals surface area contributed by atoms with Gasteiger partial charge < -0.3 is 14.3 Å². The number of aromatic nitrogens is 1. The van der Waals surface area contributed by atoms with Crippen molar-refractivity contribution in [2.45, 2.75) is 44.8 Å². The van der Waals surface area contributed by atoms with Gasteiger partial charge in [-0.1, -0.05) is 0 Å². The van der Waals surface area contributed by atoms with E-state index in [1.54, 1.807) is 26.0 Å². The van der Waals surface area contributed by atoms with Crippen molar-refractivity contribution in [2.75, 3.05) is 19.0 Å². The largest absolute Gasteiger partial charge is 0.480 e. The van der Waals surface area contributed by atoms with Crippen LogP contribution in [0.5, 0.6) is 0 Å². The van der Waals surface area contributed by atoms with Crippen molar-refractivity contribution < 1.29 is 24.0 Å². The SMILES string of the molecule is Cc1oc(-c2ccc([N+](=O)[O-])cc2)nc1CCOCCCCSC(C)(C)C(=O)O. The number of nitro groups is 1. The number of carboxylic acid groups (broad SMARTS) is 1. The van der Waals surface area contributed by atoms with Crippen LogP contribution in [0.25, 0.3) is 11.5 Å². The topological polar surface area (TPSA) is 116 Å². The number of aryl methyl sites for hydroxylation is 1. The Morgan fingerprint density at radius 3 is 2.59 bits per heavy atom. The molecule has 0 fully saturated rings. The second kappa shape index (κ2) is 10.4. The number of ether oxygens (including phenoxy) is 1. The van der Waals surface area contributed by atoms with Crippen LogP contribution in [0.4, 0.5) is 5.69 Å². The number of hydrogen-bond acceptors (Lipinski definition) is 7. The molecule has 158 valence electrons. The number of nitro benzene ring substituents is 1. The molecule has 1 aromatic heterocycles. The maximum Gasteiger partial charge on any atom is 0.319 e. The van der Waals surface area contributed by atoms with Gasteiger partial charge >= 0.3 is 5.97 Å². The fraction of sp³-hybridized carbons (Fsp3) is 0.500. The number of oxazole rings is 1. The minimum Gasteiger partial charge on any atom is -0.480 e. The van der Waals surface area contributed by atoms with E-state index in [4.69, 9.17) is 14.3 Å². The van der Waals surface area contributed by atoms with Crippen LogP contribution in [0.15, 0.2) is 28.7 Å². The lowest BCUT2D eigenvalue weighted by molar-refractivity contribution is -0.384. The van der Waals surface area contributed by atoms with Gasteiger partial charge in [0.05, 0.1) is 17.2 Å². The quantitative estimate of drug-likeness (QED) is 0.302. The Hall–Kier alpha value is -2.39. The summed E-state index contributed by atoms with van der Waals surface area (Å²) in [6.45, 7) is 6.38. The van der Waals surface area contributed by atoms with Gasteiger partial charge in [0.2, 0.25) is 5.89 Å². The Balaban J connectivity index is 1.71. The maximum absolute atomic E-state index is 11.0. The average molecular weight is 423 g/mol. The van der Waals surface area contributed by atoms with E-state index in [1.807, 2.05) is 6.92 Å². The fourth-order valence-corrected chi connectivity index (χ4v) is 3.46. The highest BCUT2D eigenvalue weighted by atomic mass is 32.2. The van der Waals surface area contributed by atoms with Crippen LogP contribution in [0, 0.1) is 17.0 Å². The number of rotatable bonds is 12. The zero-order valence-electron chi connectivity index (χ0n) is 16.8. The number of aliphatic carboxylic acids is 1. The van der Waals surface area contributed by atoms with Crippen molar-refractivity contribution in [1.82, 2.24) is 4.98 Å². The van der Waals surface area contributed by atoms with Crippen molar-refractivity contribution in [2.24, 2.45) is 0 Å². The Labute approximate surface area is 173 Å². The molecule has 0 unspecified atom stereocenters. The summed E-state index contributed by atoms with van der Waals surface area (Å²) >= 11 is 1.44. The molecule has 1 N–H and O–H groups in total. The summed E-state index contributed by atoms with van der Waals surface area (Å²) in [6, 6.07) is 6.09. The Kier molecular flexibility index (Phi) is 8.21. The van der Waals surface area contributed by atoms with Gasteiger partial charge in [0, 0.05) is 30.7 Å². The average Bonchev–Trinajstić information content (AvgIpc) is 3.04. The number of carbonyl (C=O) groups is 1. The number of thioether (sulfide) groups is 1. The number of benzene rings is 1. The highest BCUT2D eigenvalue weighted by Crippen LogP contribution is 2.26. The lowest BCUT2D eigenvalue weighted by Gasteiger charge is -2.17. The Morgan fingerprint density at radius 1 is 1.28 bits per heavy atom. The number of carboxylic acids is 1. The second-order valence-corrected chi connectivity index (χ2v) is 8.78. The summed E-state index contributed by atoms with van der Waals surface area (Å²) in [5, 5.41) is 19.8. The number of unbranched alkanes of at least 4 members (excludes halogenated alkanes) is 1. The van der Waals surface area contributed by atoms with E-state index in [1.165, 1.54) is 23.9 Å². The highest BCUT2D eigenvalue weighted by Gasteiger charge is 2.26. The molecule has 2 aromatic rings. The molecule has 29 heavy (non-hydrogen) atoms. The molecule has 0 aliphatic carbocycles. The first-order valence-electron chi connectivity index (χ1n) is 9.37. The van der Waals surface area contributed by atoms with Crippen LogP contribution in [0.1, 0.15) is 38.1 Å². The predicted octanol–water partition coefficient (Wildman–Crippen LogP) is 4.49. The third-order valence-electron chi connectivity index (χ3n) is 4.36.